The van der Waals surface area contributed by atoms with E-state index in [-0.39, 0.29) is 17.2 Å². The van der Waals surface area contributed by atoms with Gasteiger partial charge < -0.3 is 5.32 Å². The first-order valence-electron chi connectivity index (χ1n) is 6.94. The van der Waals surface area contributed by atoms with Gasteiger partial charge in [0.15, 0.2) is 0 Å². The Bertz CT molecular complexity index is 779. The van der Waals surface area contributed by atoms with E-state index in [0.29, 0.717) is 0 Å². The van der Waals surface area contributed by atoms with Crippen LogP contribution in [0.2, 0.25) is 0 Å². The van der Waals surface area contributed by atoms with Crippen molar-refractivity contribution in [3.63, 3.8) is 0 Å². The smallest absolute Gasteiger partial charge is 0.262 e. The molecule has 2 aromatic carbocycles. The summed E-state index contributed by atoms with van der Waals surface area (Å²) in [6.07, 6.45) is 1.03. The van der Waals surface area contributed by atoms with Crippen LogP contribution in [0.5, 0.6) is 0 Å². The van der Waals surface area contributed by atoms with Crippen LogP contribution in [0.25, 0.3) is 6.08 Å². The predicted octanol–water partition coefficient (Wildman–Crippen LogP) is 3.75. The number of carbonyl (C=O) groups excluding carboxylic acids is 1. The SMILES string of the molecule is C[C@@H](NC(=O)/C(C#N)=C/c1cc(F)ccc1F)c1ccccc1. The highest BCUT2D eigenvalue weighted by molar-refractivity contribution is 6.01. The molecule has 0 radical (unpaired) electrons. The first-order valence-corrected chi connectivity index (χ1v) is 6.94. The second-order valence-electron chi connectivity index (χ2n) is 4.94. The highest BCUT2D eigenvalue weighted by Gasteiger charge is 2.14. The number of rotatable bonds is 4. The van der Waals surface area contributed by atoms with Crippen LogP contribution in [0, 0.1) is 23.0 Å². The Morgan fingerprint density at radius 2 is 1.91 bits per heavy atom. The van der Waals surface area contributed by atoms with E-state index >= 15 is 0 Å². The number of carbonyl (C=O) groups is 1. The summed E-state index contributed by atoms with van der Waals surface area (Å²) in [7, 11) is 0. The first-order chi connectivity index (χ1) is 11.0. The van der Waals surface area contributed by atoms with Gasteiger partial charge in [-0.25, -0.2) is 8.78 Å². The third-order valence-corrected chi connectivity index (χ3v) is 3.27. The van der Waals surface area contributed by atoms with Crippen LogP contribution in [0.1, 0.15) is 24.1 Å². The third-order valence-electron chi connectivity index (χ3n) is 3.27. The largest absolute Gasteiger partial charge is 0.345 e. The summed E-state index contributed by atoms with van der Waals surface area (Å²) in [5, 5.41) is 11.8. The molecule has 1 N–H and O–H groups in total. The highest BCUT2D eigenvalue weighted by atomic mass is 19.1. The lowest BCUT2D eigenvalue weighted by molar-refractivity contribution is -0.117. The van der Waals surface area contributed by atoms with E-state index in [1.807, 2.05) is 30.3 Å². The molecule has 0 bridgehead atoms. The summed E-state index contributed by atoms with van der Waals surface area (Å²) in [6.45, 7) is 1.77. The zero-order chi connectivity index (χ0) is 16.8. The average molecular weight is 312 g/mol. The van der Waals surface area contributed by atoms with Crippen LogP contribution < -0.4 is 5.32 Å². The Kier molecular flexibility index (Phi) is 5.21. The number of benzene rings is 2. The number of nitrogens with one attached hydrogen (secondary N) is 1. The van der Waals surface area contributed by atoms with Crippen LogP contribution >= 0.6 is 0 Å². The Balaban J connectivity index is 2.20. The fourth-order valence-corrected chi connectivity index (χ4v) is 2.03. The lowest BCUT2D eigenvalue weighted by Crippen LogP contribution is -2.27. The van der Waals surface area contributed by atoms with E-state index in [1.54, 1.807) is 13.0 Å². The lowest BCUT2D eigenvalue weighted by atomic mass is 10.1. The third kappa shape index (κ3) is 4.24. The average Bonchev–Trinajstić information content (AvgIpc) is 2.56. The number of hydrogen-bond donors (Lipinski definition) is 1. The molecular weight excluding hydrogens is 298 g/mol. The van der Waals surface area contributed by atoms with Crippen molar-refractivity contribution in [2.24, 2.45) is 0 Å². The Morgan fingerprint density at radius 3 is 2.57 bits per heavy atom. The van der Waals surface area contributed by atoms with Crippen LogP contribution in [0.4, 0.5) is 8.78 Å². The van der Waals surface area contributed by atoms with Crippen molar-refractivity contribution in [3.8, 4) is 6.07 Å². The lowest BCUT2D eigenvalue weighted by Gasteiger charge is -2.13. The molecule has 0 aliphatic heterocycles. The molecule has 0 saturated heterocycles. The number of halogens is 2. The topological polar surface area (TPSA) is 52.9 Å². The Labute approximate surface area is 132 Å². The second-order valence-corrected chi connectivity index (χ2v) is 4.94. The van der Waals surface area contributed by atoms with Crippen LogP contribution in [0.15, 0.2) is 54.1 Å². The molecule has 5 heteroatoms. The fraction of sp³-hybridized carbons (Fsp3) is 0.111. The van der Waals surface area contributed by atoms with Crippen LogP contribution in [0.3, 0.4) is 0 Å². The van der Waals surface area contributed by atoms with Crippen molar-refractivity contribution in [2.45, 2.75) is 13.0 Å². The van der Waals surface area contributed by atoms with Gasteiger partial charge in [-0.2, -0.15) is 5.26 Å². The molecule has 1 atom stereocenters. The van der Waals surface area contributed by atoms with Gasteiger partial charge in [0.25, 0.3) is 5.91 Å². The molecule has 0 aromatic heterocycles. The summed E-state index contributed by atoms with van der Waals surface area (Å²) < 4.78 is 26.8. The second kappa shape index (κ2) is 7.32. The van der Waals surface area contributed by atoms with E-state index in [0.717, 1.165) is 29.8 Å². The summed E-state index contributed by atoms with van der Waals surface area (Å²) in [6, 6.07) is 13.4. The van der Waals surface area contributed by atoms with Gasteiger partial charge in [-0.1, -0.05) is 30.3 Å². The fourth-order valence-electron chi connectivity index (χ4n) is 2.03. The quantitative estimate of drug-likeness (QED) is 0.690. The zero-order valence-electron chi connectivity index (χ0n) is 12.4. The maximum Gasteiger partial charge on any atom is 0.262 e. The van der Waals surface area contributed by atoms with E-state index < -0.39 is 17.5 Å². The number of hydrogen-bond acceptors (Lipinski definition) is 2. The Hall–Kier alpha value is -3.00. The van der Waals surface area contributed by atoms with Gasteiger partial charge in [0.05, 0.1) is 6.04 Å². The maximum atomic E-state index is 13.6. The summed E-state index contributed by atoms with van der Waals surface area (Å²) in [4.78, 5) is 12.1. The molecule has 2 aromatic rings. The van der Waals surface area contributed by atoms with Gasteiger partial charge in [0.1, 0.15) is 23.3 Å². The predicted molar refractivity (Wildman–Crippen MR) is 82.9 cm³/mol. The normalized spacial score (nSPS) is 12.3. The van der Waals surface area contributed by atoms with Gasteiger partial charge in [-0.05, 0) is 36.8 Å². The number of nitrogens with zero attached hydrogens (tertiary/aromatic N) is 1. The van der Waals surface area contributed by atoms with Crippen molar-refractivity contribution < 1.29 is 13.6 Å². The maximum absolute atomic E-state index is 13.6. The van der Waals surface area contributed by atoms with E-state index in [2.05, 4.69) is 5.32 Å². The summed E-state index contributed by atoms with van der Waals surface area (Å²) >= 11 is 0. The molecule has 0 spiro atoms. The first kappa shape index (κ1) is 16.4. The van der Waals surface area contributed by atoms with E-state index in [1.165, 1.54) is 0 Å². The minimum atomic E-state index is -0.706. The minimum Gasteiger partial charge on any atom is -0.345 e. The monoisotopic (exact) mass is 312 g/mol. The van der Waals surface area contributed by atoms with Gasteiger partial charge in [0, 0.05) is 5.56 Å². The van der Waals surface area contributed by atoms with Gasteiger partial charge in [0.2, 0.25) is 0 Å². The van der Waals surface area contributed by atoms with Gasteiger partial charge >= 0.3 is 0 Å². The molecule has 0 aliphatic rings. The van der Waals surface area contributed by atoms with Crippen molar-refractivity contribution >= 4 is 12.0 Å². The molecule has 2 rings (SSSR count). The molecule has 0 fully saturated rings. The summed E-state index contributed by atoms with van der Waals surface area (Å²) in [5.74, 6) is -2.00. The van der Waals surface area contributed by atoms with Crippen molar-refractivity contribution in [3.05, 3.63) is 76.9 Å². The molecule has 0 aliphatic carbocycles. The molecule has 23 heavy (non-hydrogen) atoms. The molecular formula is C18H14F2N2O. The highest BCUT2D eigenvalue weighted by Crippen LogP contribution is 2.16. The van der Waals surface area contributed by atoms with Crippen molar-refractivity contribution in [1.82, 2.24) is 5.32 Å². The van der Waals surface area contributed by atoms with Crippen LogP contribution in [-0.2, 0) is 4.79 Å². The van der Waals surface area contributed by atoms with E-state index in [4.69, 9.17) is 5.26 Å². The van der Waals surface area contributed by atoms with Gasteiger partial charge in [-0.15, -0.1) is 0 Å². The molecule has 3 nitrogen and oxygen atoms in total. The Morgan fingerprint density at radius 1 is 1.22 bits per heavy atom. The molecule has 116 valence electrons. The van der Waals surface area contributed by atoms with Gasteiger partial charge in [-0.3, -0.25) is 4.79 Å². The summed E-state index contributed by atoms with van der Waals surface area (Å²) in [5.41, 5.74) is 0.427. The van der Waals surface area contributed by atoms with Crippen molar-refractivity contribution in [2.75, 3.05) is 0 Å². The zero-order valence-corrected chi connectivity index (χ0v) is 12.4. The molecule has 0 saturated carbocycles. The minimum absolute atomic E-state index is 0.149. The molecule has 0 unspecified atom stereocenters. The van der Waals surface area contributed by atoms with Crippen LogP contribution in [-0.4, -0.2) is 5.91 Å². The molecule has 0 heterocycles. The van der Waals surface area contributed by atoms with Crippen molar-refractivity contribution in [1.29, 1.82) is 5.26 Å². The van der Waals surface area contributed by atoms with E-state index in [9.17, 15) is 13.6 Å². The molecule has 1 amide bonds. The number of amides is 1. The standard InChI is InChI=1S/C18H14F2N2O/c1-12(13-5-3-2-4-6-13)22-18(23)15(11-21)9-14-10-16(19)7-8-17(14)20/h2-10,12H,1H3,(H,22,23)/b15-9+/t12-/m1/s1. The number of nitriles is 1.